The monoisotopic (exact) mass is 444 g/mol. The molecule has 0 bridgehead atoms. The molecule has 2 N–H and O–H groups in total. The van der Waals surface area contributed by atoms with Crippen LogP contribution in [0.1, 0.15) is 91.4 Å². The second kappa shape index (κ2) is 13.3. The minimum absolute atomic E-state index is 0.0820. The lowest BCUT2D eigenvalue weighted by Crippen LogP contribution is -2.34. The topological polar surface area (TPSA) is 66.8 Å². The molecule has 0 saturated heterocycles. The Morgan fingerprint density at radius 1 is 1.29 bits per heavy atom. The Bertz CT molecular complexity index is 590. The van der Waals surface area contributed by atoms with Crippen molar-refractivity contribution >= 4 is 5.97 Å². The first kappa shape index (κ1) is 27.8. The highest BCUT2D eigenvalue weighted by atomic mass is 19.1. The highest BCUT2D eigenvalue weighted by Crippen LogP contribution is 2.45. The first-order chi connectivity index (χ1) is 14.6. The van der Waals surface area contributed by atoms with Gasteiger partial charge in [-0.3, -0.25) is 0 Å². The predicted octanol–water partition coefficient (Wildman–Crippen LogP) is 5.76. The van der Waals surface area contributed by atoms with Gasteiger partial charge in [-0.15, -0.1) is 0 Å². The van der Waals surface area contributed by atoms with Crippen LogP contribution < -0.4 is 0 Å². The third kappa shape index (κ3) is 8.64. The molecule has 0 amide bonds. The third-order valence-electron chi connectivity index (χ3n) is 6.42. The summed E-state index contributed by atoms with van der Waals surface area (Å²) in [5.41, 5.74) is -3.70. The summed E-state index contributed by atoms with van der Waals surface area (Å²) in [6.45, 7) is 8.90. The largest absolute Gasteiger partial charge is 0.463 e. The fourth-order valence-corrected chi connectivity index (χ4v) is 4.11. The number of alkyl halides is 2. The van der Waals surface area contributed by atoms with Gasteiger partial charge in [-0.25, -0.2) is 13.6 Å². The number of halogens is 2. The van der Waals surface area contributed by atoms with E-state index < -0.39 is 35.4 Å². The number of esters is 1. The molecule has 2 unspecified atom stereocenters. The highest BCUT2D eigenvalue weighted by molar-refractivity contribution is 5.82. The lowest BCUT2D eigenvalue weighted by Gasteiger charge is -2.29. The van der Waals surface area contributed by atoms with Crippen molar-refractivity contribution in [2.45, 2.75) is 115 Å². The number of aliphatic hydroxyl groups is 2. The molecule has 4 nitrogen and oxygen atoms in total. The zero-order valence-electron chi connectivity index (χ0n) is 19.5. The summed E-state index contributed by atoms with van der Waals surface area (Å²) in [6, 6.07) is 0. The van der Waals surface area contributed by atoms with Crippen LogP contribution in [0.4, 0.5) is 8.78 Å². The standard InChI is InChI=1S/C25H42F2O4/c1-5-7-8-12-20(28)14-16-25(27)17-15-22(29)21(25)13-10-9-11-19(3)24(4,26)23(30)31-18-6-2/h9-10,20-22,28-29H,3,5-8,11-18H2,1-2,4H3/t20?,21-,22-,24?,25+/m0/s1. The Kier molecular flexibility index (Phi) is 11.9. The van der Waals surface area contributed by atoms with Gasteiger partial charge >= 0.3 is 5.97 Å². The molecule has 1 fully saturated rings. The number of aliphatic hydroxyl groups excluding tert-OH is 2. The summed E-state index contributed by atoms with van der Waals surface area (Å²) in [4.78, 5) is 11.9. The van der Waals surface area contributed by atoms with E-state index in [4.69, 9.17) is 4.74 Å². The number of unbranched alkanes of at least 4 members (excludes halogenated alkanes) is 2. The maximum absolute atomic E-state index is 15.5. The minimum atomic E-state index is -2.27. The van der Waals surface area contributed by atoms with Gasteiger partial charge in [0.25, 0.3) is 0 Å². The van der Waals surface area contributed by atoms with Crippen LogP contribution in [0.3, 0.4) is 0 Å². The predicted molar refractivity (Wildman–Crippen MR) is 120 cm³/mol. The van der Waals surface area contributed by atoms with Gasteiger partial charge < -0.3 is 14.9 Å². The Morgan fingerprint density at radius 3 is 2.65 bits per heavy atom. The Morgan fingerprint density at radius 2 is 2.00 bits per heavy atom. The molecule has 1 rings (SSSR count). The number of hydrogen-bond acceptors (Lipinski definition) is 4. The Balaban J connectivity index is 2.56. The molecule has 1 saturated carbocycles. The normalized spacial score (nSPS) is 26.7. The molecule has 5 atom stereocenters. The van der Waals surface area contributed by atoms with Crippen LogP contribution in [0.5, 0.6) is 0 Å². The number of rotatable bonds is 15. The van der Waals surface area contributed by atoms with Crippen LogP contribution in [0.25, 0.3) is 0 Å². The van der Waals surface area contributed by atoms with Gasteiger partial charge in [0.2, 0.25) is 5.67 Å². The number of hydrogen-bond donors (Lipinski definition) is 2. The highest BCUT2D eigenvalue weighted by Gasteiger charge is 2.47. The van der Waals surface area contributed by atoms with Gasteiger partial charge in [0, 0.05) is 5.92 Å². The maximum Gasteiger partial charge on any atom is 0.347 e. The van der Waals surface area contributed by atoms with E-state index in [1.165, 1.54) is 0 Å². The third-order valence-corrected chi connectivity index (χ3v) is 6.42. The van der Waals surface area contributed by atoms with Crippen LogP contribution in [0.2, 0.25) is 0 Å². The van der Waals surface area contributed by atoms with Crippen molar-refractivity contribution < 1.29 is 28.5 Å². The average Bonchev–Trinajstić information content (AvgIpc) is 3.02. The lowest BCUT2D eigenvalue weighted by atomic mass is 9.83. The van der Waals surface area contributed by atoms with Crippen molar-refractivity contribution in [1.82, 2.24) is 0 Å². The minimum Gasteiger partial charge on any atom is -0.463 e. The summed E-state index contributed by atoms with van der Waals surface area (Å²) >= 11 is 0. The van der Waals surface area contributed by atoms with E-state index in [-0.39, 0.29) is 31.4 Å². The van der Waals surface area contributed by atoms with Crippen LogP contribution in [0.15, 0.2) is 24.3 Å². The second-order valence-electron chi connectivity index (χ2n) is 9.09. The number of ether oxygens (including phenoxy) is 1. The first-order valence-corrected chi connectivity index (χ1v) is 11.8. The van der Waals surface area contributed by atoms with Gasteiger partial charge in [0.05, 0.1) is 18.8 Å². The van der Waals surface area contributed by atoms with Crippen molar-refractivity contribution in [2.24, 2.45) is 5.92 Å². The van der Waals surface area contributed by atoms with Crippen LogP contribution in [-0.2, 0) is 9.53 Å². The fourth-order valence-electron chi connectivity index (χ4n) is 4.11. The van der Waals surface area contributed by atoms with E-state index in [0.29, 0.717) is 32.1 Å². The van der Waals surface area contributed by atoms with Gasteiger partial charge in [0.15, 0.2) is 0 Å². The van der Waals surface area contributed by atoms with Gasteiger partial charge in [-0.2, -0.15) is 0 Å². The van der Waals surface area contributed by atoms with E-state index in [2.05, 4.69) is 13.5 Å². The quantitative estimate of drug-likeness (QED) is 0.191. The molecule has 0 spiro atoms. The van der Waals surface area contributed by atoms with Crippen molar-refractivity contribution in [3.05, 3.63) is 24.3 Å². The molecule has 0 radical (unpaired) electrons. The summed E-state index contributed by atoms with van der Waals surface area (Å²) in [5, 5.41) is 20.4. The summed E-state index contributed by atoms with van der Waals surface area (Å²) in [5.74, 6) is -1.50. The van der Waals surface area contributed by atoms with E-state index in [1.807, 2.05) is 6.92 Å². The van der Waals surface area contributed by atoms with Crippen LogP contribution >= 0.6 is 0 Å². The maximum atomic E-state index is 15.5. The van der Waals surface area contributed by atoms with Crippen LogP contribution in [0, 0.1) is 5.92 Å². The number of carbonyl (C=O) groups excluding carboxylic acids is 1. The molecular weight excluding hydrogens is 402 g/mol. The van der Waals surface area contributed by atoms with Crippen molar-refractivity contribution in [2.75, 3.05) is 6.61 Å². The van der Waals surface area contributed by atoms with Gasteiger partial charge in [0.1, 0.15) is 5.67 Å². The molecule has 0 aliphatic heterocycles. The molecule has 0 aromatic rings. The summed E-state index contributed by atoms with van der Waals surface area (Å²) in [7, 11) is 0. The Hall–Kier alpha value is -1.27. The molecule has 1 aliphatic rings. The molecular formula is C25H42F2O4. The SMILES string of the molecule is C=C(CC=CC[C@H]1[C@@H](O)CC[C@]1(F)CCC(O)CCCCC)C(C)(F)C(=O)OCCC. The zero-order valence-corrected chi connectivity index (χ0v) is 19.5. The fraction of sp³-hybridized carbons (Fsp3) is 0.800. The summed E-state index contributed by atoms with van der Waals surface area (Å²) < 4.78 is 35.1. The molecule has 0 aromatic carbocycles. The lowest BCUT2D eigenvalue weighted by molar-refractivity contribution is -0.154. The number of carbonyl (C=O) groups is 1. The molecule has 31 heavy (non-hydrogen) atoms. The average molecular weight is 445 g/mol. The molecule has 6 heteroatoms. The van der Waals surface area contributed by atoms with E-state index in [0.717, 1.165) is 26.2 Å². The Labute approximate surface area is 186 Å². The van der Waals surface area contributed by atoms with E-state index in [1.54, 1.807) is 12.2 Å². The van der Waals surface area contributed by atoms with E-state index in [9.17, 15) is 19.4 Å². The summed E-state index contributed by atoms with van der Waals surface area (Å²) in [6.07, 6.45) is 8.28. The van der Waals surface area contributed by atoms with E-state index >= 15 is 4.39 Å². The van der Waals surface area contributed by atoms with Crippen molar-refractivity contribution in [3.8, 4) is 0 Å². The second-order valence-corrected chi connectivity index (χ2v) is 9.09. The zero-order chi connectivity index (χ0) is 23.5. The van der Waals surface area contributed by atoms with Crippen molar-refractivity contribution in [1.29, 1.82) is 0 Å². The van der Waals surface area contributed by atoms with Gasteiger partial charge in [-0.1, -0.05) is 51.8 Å². The van der Waals surface area contributed by atoms with Crippen molar-refractivity contribution in [3.63, 3.8) is 0 Å². The first-order valence-electron chi connectivity index (χ1n) is 11.8. The van der Waals surface area contributed by atoms with Gasteiger partial charge in [-0.05, 0) is 63.9 Å². The molecule has 0 heterocycles. The van der Waals surface area contributed by atoms with Crippen LogP contribution in [-0.4, -0.2) is 46.3 Å². The molecule has 1 aliphatic carbocycles. The molecule has 0 aromatic heterocycles. The smallest absolute Gasteiger partial charge is 0.347 e. The number of allylic oxidation sites excluding steroid dienone is 2. The molecule has 180 valence electrons.